The molecule has 0 saturated carbocycles. The summed E-state index contributed by atoms with van der Waals surface area (Å²) < 4.78 is 5.20. The maximum atomic E-state index is 13.3. The lowest BCUT2D eigenvalue weighted by Crippen LogP contribution is -2.38. The standard InChI is InChI=1S/C28H34Cl2N2O4/c1-7-31(8-2)13-14-32-23(17-9-11-19(12-10-17)28(3,4)5)22(25(34)27(32)35)24(33)18-15-20(29)26(36-6)21(30)16-18/h9-12,15-16,23,33H,7-8,13-14H2,1-6H3/b24-22+. The fourth-order valence-corrected chi connectivity index (χ4v) is 5.10. The Labute approximate surface area is 223 Å². The van der Waals surface area contributed by atoms with Crippen molar-refractivity contribution in [2.45, 2.75) is 46.1 Å². The van der Waals surface area contributed by atoms with Crippen LogP contribution in [0.3, 0.4) is 0 Å². The van der Waals surface area contributed by atoms with Crippen molar-refractivity contribution in [1.29, 1.82) is 0 Å². The molecule has 3 rings (SSSR count). The first-order valence-electron chi connectivity index (χ1n) is 12.1. The van der Waals surface area contributed by atoms with Gasteiger partial charge in [-0.25, -0.2) is 0 Å². The molecule has 1 heterocycles. The van der Waals surface area contributed by atoms with Gasteiger partial charge in [0.25, 0.3) is 11.7 Å². The van der Waals surface area contributed by atoms with Crippen LogP contribution < -0.4 is 4.74 Å². The molecule has 1 atom stereocenters. The highest BCUT2D eigenvalue weighted by Gasteiger charge is 2.46. The van der Waals surface area contributed by atoms with E-state index in [-0.39, 0.29) is 38.1 Å². The molecule has 0 aromatic heterocycles. The third-order valence-corrected chi connectivity index (χ3v) is 7.22. The Morgan fingerprint density at radius 2 is 1.61 bits per heavy atom. The maximum Gasteiger partial charge on any atom is 0.295 e. The summed E-state index contributed by atoms with van der Waals surface area (Å²) in [5.41, 5.74) is 2.07. The number of rotatable bonds is 8. The molecule has 0 spiro atoms. The minimum atomic E-state index is -0.741. The third kappa shape index (κ3) is 5.56. The van der Waals surface area contributed by atoms with E-state index in [1.165, 1.54) is 19.2 Å². The van der Waals surface area contributed by atoms with Crippen molar-refractivity contribution in [1.82, 2.24) is 9.80 Å². The zero-order valence-corrected chi connectivity index (χ0v) is 23.2. The Morgan fingerprint density at radius 3 is 2.08 bits per heavy atom. The summed E-state index contributed by atoms with van der Waals surface area (Å²) in [6.45, 7) is 13.1. The van der Waals surface area contributed by atoms with Crippen molar-refractivity contribution >= 4 is 40.7 Å². The summed E-state index contributed by atoms with van der Waals surface area (Å²) in [4.78, 5) is 30.3. The lowest BCUT2D eigenvalue weighted by Gasteiger charge is -2.28. The quantitative estimate of drug-likeness (QED) is 0.254. The summed E-state index contributed by atoms with van der Waals surface area (Å²) in [7, 11) is 1.44. The highest BCUT2D eigenvalue weighted by atomic mass is 35.5. The number of ketones is 1. The van der Waals surface area contributed by atoms with Gasteiger partial charge >= 0.3 is 0 Å². The minimum Gasteiger partial charge on any atom is -0.507 e. The van der Waals surface area contributed by atoms with Crippen LogP contribution in [0.4, 0.5) is 0 Å². The molecule has 2 aromatic rings. The van der Waals surface area contributed by atoms with Crippen LogP contribution in [0.25, 0.3) is 5.76 Å². The fraction of sp³-hybridized carbons (Fsp3) is 0.429. The van der Waals surface area contributed by atoms with Crippen LogP contribution in [0.5, 0.6) is 5.75 Å². The lowest BCUT2D eigenvalue weighted by molar-refractivity contribution is -0.140. The van der Waals surface area contributed by atoms with Crippen LogP contribution in [0.15, 0.2) is 42.0 Å². The van der Waals surface area contributed by atoms with E-state index in [2.05, 4.69) is 39.5 Å². The number of hydrogen-bond donors (Lipinski definition) is 1. The highest BCUT2D eigenvalue weighted by Crippen LogP contribution is 2.42. The predicted molar refractivity (Wildman–Crippen MR) is 145 cm³/mol. The van der Waals surface area contributed by atoms with Crippen LogP contribution in [-0.4, -0.2) is 59.9 Å². The zero-order valence-electron chi connectivity index (χ0n) is 21.7. The topological polar surface area (TPSA) is 70.1 Å². The largest absolute Gasteiger partial charge is 0.507 e. The number of likely N-dealkylation sites (tertiary alicyclic amines) is 1. The normalized spacial score (nSPS) is 17.8. The molecule has 1 N–H and O–H groups in total. The number of Topliss-reactive ketones (excluding diaryl/α,β-unsaturated/α-hetero) is 1. The molecule has 8 heteroatoms. The molecule has 1 unspecified atom stereocenters. The van der Waals surface area contributed by atoms with Gasteiger partial charge in [-0.05, 0) is 41.8 Å². The first-order chi connectivity index (χ1) is 16.9. The highest BCUT2D eigenvalue weighted by molar-refractivity contribution is 6.46. The molecule has 1 amide bonds. The number of amides is 1. The number of carbonyl (C=O) groups is 2. The Bertz CT molecular complexity index is 1140. The summed E-state index contributed by atoms with van der Waals surface area (Å²) in [5.74, 6) is -1.43. The predicted octanol–water partition coefficient (Wildman–Crippen LogP) is 6.06. The van der Waals surface area contributed by atoms with Gasteiger partial charge in [0.15, 0.2) is 5.75 Å². The van der Waals surface area contributed by atoms with Crippen LogP contribution in [-0.2, 0) is 15.0 Å². The fourth-order valence-electron chi connectivity index (χ4n) is 4.46. The number of halogens is 2. The van der Waals surface area contributed by atoms with E-state index in [1.807, 2.05) is 24.3 Å². The van der Waals surface area contributed by atoms with Crippen molar-refractivity contribution in [2.75, 3.05) is 33.3 Å². The van der Waals surface area contributed by atoms with E-state index in [4.69, 9.17) is 27.9 Å². The van der Waals surface area contributed by atoms with Gasteiger partial charge in [0.2, 0.25) is 0 Å². The van der Waals surface area contributed by atoms with Crippen molar-refractivity contribution in [3.63, 3.8) is 0 Å². The van der Waals surface area contributed by atoms with Gasteiger partial charge in [0.05, 0.1) is 28.8 Å². The molecule has 0 aliphatic carbocycles. The molecular weight excluding hydrogens is 499 g/mol. The lowest BCUT2D eigenvalue weighted by atomic mass is 9.85. The molecule has 194 valence electrons. The molecule has 2 aromatic carbocycles. The second kappa shape index (κ2) is 11.2. The van der Waals surface area contributed by atoms with E-state index >= 15 is 0 Å². The molecule has 6 nitrogen and oxygen atoms in total. The third-order valence-electron chi connectivity index (χ3n) is 6.66. The van der Waals surface area contributed by atoms with E-state index in [1.54, 1.807) is 4.90 Å². The molecule has 1 aliphatic rings. The van der Waals surface area contributed by atoms with Crippen LogP contribution in [0.2, 0.25) is 10.0 Å². The molecule has 1 saturated heterocycles. The van der Waals surface area contributed by atoms with E-state index < -0.39 is 17.7 Å². The van der Waals surface area contributed by atoms with Crippen molar-refractivity contribution < 1.29 is 19.4 Å². The Kier molecular flexibility index (Phi) is 8.75. The van der Waals surface area contributed by atoms with Gasteiger partial charge in [-0.1, -0.05) is 82.1 Å². The monoisotopic (exact) mass is 532 g/mol. The number of likely N-dealkylation sites (N-methyl/N-ethyl adjacent to an activating group) is 1. The summed E-state index contributed by atoms with van der Waals surface area (Å²) in [6.07, 6.45) is 0. The van der Waals surface area contributed by atoms with Gasteiger partial charge in [0.1, 0.15) is 5.76 Å². The number of methoxy groups -OCH3 is 1. The molecule has 36 heavy (non-hydrogen) atoms. The van der Waals surface area contributed by atoms with Crippen molar-refractivity contribution in [2.24, 2.45) is 0 Å². The van der Waals surface area contributed by atoms with Gasteiger partial charge in [-0.2, -0.15) is 0 Å². The number of benzene rings is 2. The number of aliphatic hydroxyl groups is 1. The van der Waals surface area contributed by atoms with Gasteiger partial charge in [-0.15, -0.1) is 0 Å². The van der Waals surface area contributed by atoms with E-state index in [0.717, 1.165) is 24.2 Å². The van der Waals surface area contributed by atoms with Crippen molar-refractivity contribution in [3.8, 4) is 5.75 Å². The number of nitrogens with zero attached hydrogens (tertiary/aromatic N) is 2. The number of carbonyl (C=O) groups excluding carboxylic acids is 2. The molecule has 1 fully saturated rings. The van der Waals surface area contributed by atoms with Crippen LogP contribution in [0.1, 0.15) is 57.4 Å². The Balaban J connectivity index is 2.16. The maximum absolute atomic E-state index is 13.3. The SMILES string of the molecule is CCN(CC)CCN1C(=O)C(=O)/C(=C(/O)c2cc(Cl)c(OC)c(Cl)c2)C1c1ccc(C(C)(C)C)cc1. The summed E-state index contributed by atoms with van der Waals surface area (Å²) in [6, 6.07) is 10.1. The van der Waals surface area contributed by atoms with E-state index in [9.17, 15) is 14.7 Å². The molecule has 0 bridgehead atoms. The smallest absolute Gasteiger partial charge is 0.295 e. The molecule has 1 aliphatic heterocycles. The second-order valence-corrected chi connectivity index (χ2v) is 10.7. The average molecular weight is 533 g/mol. The zero-order chi connectivity index (χ0) is 26.8. The summed E-state index contributed by atoms with van der Waals surface area (Å²) in [5, 5.41) is 11.7. The number of hydrogen-bond acceptors (Lipinski definition) is 5. The van der Waals surface area contributed by atoms with Gasteiger partial charge in [-0.3, -0.25) is 9.59 Å². The second-order valence-electron chi connectivity index (χ2n) is 9.86. The van der Waals surface area contributed by atoms with E-state index in [0.29, 0.717) is 13.1 Å². The molecular formula is C28H34Cl2N2O4. The van der Waals surface area contributed by atoms with Gasteiger partial charge in [0, 0.05) is 18.7 Å². The van der Waals surface area contributed by atoms with Crippen LogP contribution in [0, 0.1) is 0 Å². The number of aliphatic hydroxyl groups excluding tert-OH is 1. The summed E-state index contributed by atoms with van der Waals surface area (Å²) >= 11 is 12.6. The average Bonchev–Trinajstić information content (AvgIpc) is 3.08. The minimum absolute atomic E-state index is 0.0142. The first kappa shape index (κ1) is 28.0. The Hall–Kier alpha value is -2.54. The van der Waals surface area contributed by atoms with Gasteiger partial charge < -0.3 is 19.6 Å². The van der Waals surface area contributed by atoms with Crippen LogP contribution >= 0.6 is 23.2 Å². The first-order valence-corrected chi connectivity index (χ1v) is 12.8. The molecule has 0 radical (unpaired) electrons. The van der Waals surface area contributed by atoms with Crippen molar-refractivity contribution in [3.05, 3.63) is 68.7 Å². The number of ether oxygens (including phenoxy) is 1. The Morgan fingerprint density at radius 1 is 1.06 bits per heavy atom.